The van der Waals surface area contributed by atoms with Gasteiger partial charge in [-0.1, -0.05) is 6.07 Å². The molecular formula is C15H22N2O2. The van der Waals surface area contributed by atoms with Crippen molar-refractivity contribution in [3.63, 3.8) is 0 Å². The summed E-state index contributed by atoms with van der Waals surface area (Å²) in [5.41, 5.74) is 1.83. The van der Waals surface area contributed by atoms with E-state index in [-0.39, 0.29) is 17.6 Å². The van der Waals surface area contributed by atoms with Crippen LogP contribution in [0.3, 0.4) is 0 Å². The molecule has 1 aliphatic heterocycles. The Morgan fingerprint density at radius 1 is 1.53 bits per heavy atom. The minimum Gasteiger partial charge on any atom is -0.508 e. The van der Waals surface area contributed by atoms with Gasteiger partial charge in [-0.15, -0.1) is 0 Å². The van der Waals surface area contributed by atoms with Crippen LogP contribution in [-0.2, 0) is 4.79 Å². The number of amides is 1. The molecule has 1 unspecified atom stereocenters. The van der Waals surface area contributed by atoms with Gasteiger partial charge in [-0.3, -0.25) is 4.79 Å². The van der Waals surface area contributed by atoms with E-state index < -0.39 is 0 Å². The minimum atomic E-state index is 0.0513. The number of carbonyl (C=O) groups is 1. The lowest BCUT2D eigenvalue weighted by atomic mass is 9.97. The Morgan fingerprint density at radius 3 is 2.95 bits per heavy atom. The van der Waals surface area contributed by atoms with Gasteiger partial charge in [0.25, 0.3) is 0 Å². The van der Waals surface area contributed by atoms with Gasteiger partial charge >= 0.3 is 0 Å². The van der Waals surface area contributed by atoms with E-state index in [1.807, 2.05) is 19.9 Å². The molecule has 19 heavy (non-hydrogen) atoms. The van der Waals surface area contributed by atoms with Crippen LogP contribution >= 0.6 is 0 Å². The molecule has 1 aliphatic rings. The number of hydrogen-bond donors (Lipinski definition) is 2. The molecule has 1 saturated heterocycles. The second kappa shape index (κ2) is 6.06. The summed E-state index contributed by atoms with van der Waals surface area (Å²) in [5.74, 6) is 0.410. The van der Waals surface area contributed by atoms with Crippen LogP contribution in [0.2, 0.25) is 0 Å². The second-order valence-electron chi connectivity index (χ2n) is 5.10. The highest BCUT2D eigenvalue weighted by Crippen LogP contribution is 2.27. The molecule has 104 valence electrons. The normalized spacial score (nSPS) is 19.2. The van der Waals surface area contributed by atoms with Crippen molar-refractivity contribution in [3.05, 3.63) is 23.8 Å². The van der Waals surface area contributed by atoms with Crippen molar-refractivity contribution < 1.29 is 9.90 Å². The van der Waals surface area contributed by atoms with Crippen molar-refractivity contribution in [2.24, 2.45) is 5.92 Å². The van der Waals surface area contributed by atoms with Crippen LogP contribution in [0.1, 0.15) is 25.3 Å². The molecule has 0 bridgehead atoms. The van der Waals surface area contributed by atoms with Crippen molar-refractivity contribution in [1.29, 1.82) is 0 Å². The van der Waals surface area contributed by atoms with Gasteiger partial charge < -0.3 is 15.3 Å². The number of nitrogens with one attached hydrogen (secondary N) is 1. The first-order chi connectivity index (χ1) is 9.13. The first-order valence-electron chi connectivity index (χ1n) is 6.95. The molecule has 1 aromatic rings. The number of anilines is 1. The van der Waals surface area contributed by atoms with Gasteiger partial charge in [-0.2, -0.15) is 0 Å². The van der Waals surface area contributed by atoms with E-state index in [1.165, 1.54) is 0 Å². The quantitative estimate of drug-likeness (QED) is 0.876. The lowest BCUT2D eigenvalue weighted by molar-refractivity contribution is -0.122. The van der Waals surface area contributed by atoms with E-state index in [2.05, 4.69) is 5.32 Å². The molecule has 1 fully saturated rings. The van der Waals surface area contributed by atoms with Crippen molar-refractivity contribution in [2.75, 3.05) is 24.5 Å². The average molecular weight is 262 g/mol. The molecule has 0 radical (unpaired) electrons. The lowest BCUT2D eigenvalue weighted by Crippen LogP contribution is -2.43. The topological polar surface area (TPSA) is 52.6 Å². The summed E-state index contributed by atoms with van der Waals surface area (Å²) in [7, 11) is 0. The number of piperidine rings is 1. The fraction of sp³-hybridized carbons (Fsp3) is 0.533. The number of phenolic OH excluding ortho intramolecular Hbond substituents is 1. The third-order valence-corrected chi connectivity index (χ3v) is 3.71. The first-order valence-corrected chi connectivity index (χ1v) is 6.95. The van der Waals surface area contributed by atoms with Crippen LogP contribution in [0.15, 0.2) is 18.2 Å². The van der Waals surface area contributed by atoms with Gasteiger partial charge in [0.2, 0.25) is 5.91 Å². The zero-order chi connectivity index (χ0) is 13.8. The lowest BCUT2D eigenvalue weighted by Gasteiger charge is -2.30. The zero-order valence-electron chi connectivity index (χ0n) is 11.6. The van der Waals surface area contributed by atoms with Crippen LogP contribution in [-0.4, -0.2) is 30.6 Å². The van der Waals surface area contributed by atoms with Gasteiger partial charge in [-0.25, -0.2) is 0 Å². The third-order valence-electron chi connectivity index (χ3n) is 3.71. The number of aryl methyl sites for hydroxylation is 1. The summed E-state index contributed by atoms with van der Waals surface area (Å²) in [4.78, 5) is 14.4. The summed E-state index contributed by atoms with van der Waals surface area (Å²) >= 11 is 0. The maximum absolute atomic E-state index is 12.6. The van der Waals surface area contributed by atoms with E-state index in [1.54, 1.807) is 17.0 Å². The Balaban J connectivity index is 2.23. The van der Waals surface area contributed by atoms with Crippen molar-refractivity contribution in [1.82, 2.24) is 5.32 Å². The van der Waals surface area contributed by atoms with E-state index >= 15 is 0 Å². The standard InChI is InChI=1S/C15H22N2O2/c1-3-17(14-9-13(18)7-6-11(14)2)15(19)12-5-4-8-16-10-12/h6-7,9,12,16,18H,3-5,8,10H2,1-2H3. The van der Waals surface area contributed by atoms with Gasteiger partial charge in [0.05, 0.1) is 11.6 Å². The summed E-state index contributed by atoms with van der Waals surface area (Å²) in [6.45, 7) is 6.31. The molecule has 0 saturated carbocycles. The molecule has 2 rings (SSSR count). The number of rotatable bonds is 3. The van der Waals surface area contributed by atoms with Crippen LogP contribution < -0.4 is 10.2 Å². The van der Waals surface area contributed by atoms with Crippen LogP contribution in [0, 0.1) is 12.8 Å². The zero-order valence-corrected chi connectivity index (χ0v) is 11.6. The summed E-state index contributed by atoms with van der Waals surface area (Å²) in [5, 5.41) is 12.9. The molecule has 1 atom stereocenters. The predicted octanol–water partition coefficient (Wildman–Crippen LogP) is 2.05. The number of hydrogen-bond acceptors (Lipinski definition) is 3. The largest absolute Gasteiger partial charge is 0.508 e. The fourth-order valence-corrected chi connectivity index (χ4v) is 2.62. The SMILES string of the molecule is CCN(C(=O)C1CCCNC1)c1cc(O)ccc1C. The molecule has 0 aliphatic carbocycles. The Morgan fingerprint density at radius 2 is 2.32 bits per heavy atom. The molecule has 1 aromatic carbocycles. The van der Waals surface area contributed by atoms with E-state index in [0.717, 1.165) is 37.2 Å². The number of nitrogens with zero attached hydrogens (tertiary/aromatic N) is 1. The Hall–Kier alpha value is -1.55. The van der Waals surface area contributed by atoms with Gasteiger partial charge in [0.1, 0.15) is 5.75 Å². The van der Waals surface area contributed by atoms with Crippen molar-refractivity contribution in [2.45, 2.75) is 26.7 Å². The number of benzene rings is 1. The van der Waals surface area contributed by atoms with Crippen molar-refractivity contribution >= 4 is 11.6 Å². The van der Waals surface area contributed by atoms with E-state index in [0.29, 0.717) is 6.54 Å². The minimum absolute atomic E-state index is 0.0513. The van der Waals surface area contributed by atoms with Gasteiger partial charge in [0.15, 0.2) is 0 Å². The average Bonchev–Trinajstić information content (AvgIpc) is 2.44. The van der Waals surface area contributed by atoms with Gasteiger partial charge in [-0.05, 0) is 44.9 Å². The van der Waals surface area contributed by atoms with Crippen molar-refractivity contribution in [3.8, 4) is 5.75 Å². The smallest absolute Gasteiger partial charge is 0.231 e. The second-order valence-corrected chi connectivity index (χ2v) is 5.10. The molecule has 4 nitrogen and oxygen atoms in total. The fourth-order valence-electron chi connectivity index (χ4n) is 2.62. The Bertz CT molecular complexity index is 453. The number of phenols is 1. The summed E-state index contributed by atoms with van der Waals surface area (Å²) in [6, 6.07) is 5.17. The molecule has 1 amide bonds. The van der Waals surface area contributed by atoms with Crippen LogP contribution in [0.4, 0.5) is 5.69 Å². The predicted molar refractivity (Wildman–Crippen MR) is 76.5 cm³/mol. The van der Waals surface area contributed by atoms with Crippen LogP contribution in [0.5, 0.6) is 5.75 Å². The Labute approximate surface area is 114 Å². The third kappa shape index (κ3) is 3.07. The van der Waals surface area contributed by atoms with E-state index in [4.69, 9.17) is 0 Å². The molecule has 4 heteroatoms. The number of aromatic hydroxyl groups is 1. The van der Waals surface area contributed by atoms with Crippen LogP contribution in [0.25, 0.3) is 0 Å². The number of carbonyl (C=O) groups excluding carboxylic acids is 1. The highest BCUT2D eigenvalue weighted by molar-refractivity contribution is 5.96. The highest BCUT2D eigenvalue weighted by atomic mass is 16.3. The maximum Gasteiger partial charge on any atom is 0.231 e. The van der Waals surface area contributed by atoms with E-state index in [9.17, 15) is 9.90 Å². The maximum atomic E-state index is 12.6. The molecule has 2 N–H and O–H groups in total. The molecule has 0 spiro atoms. The highest BCUT2D eigenvalue weighted by Gasteiger charge is 2.26. The summed E-state index contributed by atoms with van der Waals surface area (Å²) < 4.78 is 0. The first kappa shape index (κ1) is 13.9. The monoisotopic (exact) mass is 262 g/mol. The van der Waals surface area contributed by atoms with Gasteiger partial charge in [0, 0.05) is 19.2 Å². The Kier molecular flexibility index (Phi) is 4.43. The molecular weight excluding hydrogens is 240 g/mol. The molecule has 0 aromatic heterocycles. The molecule has 1 heterocycles. The summed E-state index contributed by atoms with van der Waals surface area (Å²) in [6.07, 6.45) is 1.99.